The van der Waals surface area contributed by atoms with Crippen molar-refractivity contribution in [2.75, 3.05) is 13.1 Å². The first-order chi connectivity index (χ1) is 10.1. The van der Waals surface area contributed by atoms with Gasteiger partial charge >= 0.3 is 0 Å². The molecule has 2 aliphatic heterocycles. The van der Waals surface area contributed by atoms with Crippen molar-refractivity contribution in [3.8, 4) is 0 Å². The Morgan fingerprint density at radius 1 is 1.38 bits per heavy atom. The van der Waals surface area contributed by atoms with Gasteiger partial charge in [0.15, 0.2) is 0 Å². The van der Waals surface area contributed by atoms with Crippen molar-refractivity contribution in [1.29, 1.82) is 0 Å². The highest BCUT2D eigenvalue weighted by Crippen LogP contribution is 2.28. The predicted molar refractivity (Wildman–Crippen MR) is 82.6 cm³/mol. The quantitative estimate of drug-likeness (QED) is 0.686. The van der Waals surface area contributed by atoms with E-state index in [-0.39, 0.29) is 10.6 Å². The third-order valence-corrected chi connectivity index (χ3v) is 4.88. The first-order valence-corrected chi connectivity index (χ1v) is 7.91. The number of nitrogens with one attached hydrogen (secondary N) is 1. The maximum Gasteiger partial charge on any atom is 0.275 e. The largest absolute Gasteiger partial charge is 0.310 e. The second kappa shape index (κ2) is 6.30. The van der Waals surface area contributed by atoms with Gasteiger partial charge in [0.2, 0.25) is 0 Å². The van der Waals surface area contributed by atoms with Crippen LogP contribution in [0.15, 0.2) is 18.2 Å². The molecule has 5 nitrogen and oxygen atoms in total. The maximum atomic E-state index is 11.1. The number of hydrogen-bond donors (Lipinski definition) is 1. The van der Waals surface area contributed by atoms with Gasteiger partial charge in [-0.05, 0) is 50.9 Å². The van der Waals surface area contributed by atoms with E-state index in [0.29, 0.717) is 29.2 Å². The third-order valence-electron chi connectivity index (χ3n) is 4.65. The number of piperidine rings is 1. The van der Waals surface area contributed by atoms with Gasteiger partial charge in [0.1, 0.15) is 0 Å². The van der Waals surface area contributed by atoms with E-state index >= 15 is 0 Å². The normalized spacial score (nSPS) is 25.8. The molecule has 2 heterocycles. The Bertz CT molecular complexity index is 538. The van der Waals surface area contributed by atoms with Gasteiger partial charge in [-0.2, -0.15) is 0 Å². The van der Waals surface area contributed by atoms with Crippen LogP contribution < -0.4 is 5.32 Å². The highest BCUT2D eigenvalue weighted by atomic mass is 35.5. The molecular formula is C15H20ClN3O2. The third kappa shape index (κ3) is 3.36. The summed E-state index contributed by atoms with van der Waals surface area (Å²) in [5.41, 5.74) is 0.812. The van der Waals surface area contributed by atoms with Crippen LogP contribution in [0.1, 0.15) is 31.2 Å². The Morgan fingerprint density at radius 2 is 2.24 bits per heavy atom. The second-order valence-electron chi connectivity index (χ2n) is 5.96. The second-order valence-corrected chi connectivity index (χ2v) is 6.40. The van der Waals surface area contributed by atoms with Crippen molar-refractivity contribution >= 4 is 17.3 Å². The number of halogens is 1. The lowest BCUT2D eigenvalue weighted by Gasteiger charge is -2.35. The predicted octanol–water partition coefficient (Wildman–Crippen LogP) is 2.96. The number of rotatable bonds is 4. The van der Waals surface area contributed by atoms with Gasteiger partial charge in [-0.3, -0.25) is 10.1 Å². The Labute approximate surface area is 129 Å². The summed E-state index contributed by atoms with van der Waals surface area (Å²) in [6, 6.07) is 6.05. The molecule has 1 aromatic rings. The van der Waals surface area contributed by atoms with E-state index in [1.54, 1.807) is 12.1 Å². The molecular weight excluding hydrogens is 290 g/mol. The van der Waals surface area contributed by atoms with Crippen LogP contribution in [0, 0.1) is 10.1 Å². The fourth-order valence-electron chi connectivity index (χ4n) is 3.52. The van der Waals surface area contributed by atoms with Gasteiger partial charge in [0.05, 0.1) is 4.92 Å². The summed E-state index contributed by atoms with van der Waals surface area (Å²) in [5, 5.41) is 15.0. The Hall–Kier alpha value is -1.17. The lowest BCUT2D eigenvalue weighted by atomic mass is 9.97. The summed E-state index contributed by atoms with van der Waals surface area (Å²) in [6.07, 6.45) is 4.87. The molecule has 2 saturated heterocycles. The molecule has 0 saturated carbocycles. The molecule has 0 amide bonds. The smallest absolute Gasteiger partial charge is 0.275 e. The maximum absolute atomic E-state index is 11.1. The molecule has 21 heavy (non-hydrogen) atoms. The number of nitro groups is 1. The van der Waals surface area contributed by atoms with Gasteiger partial charge in [-0.25, -0.2) is 0 Å². The van der Waals surface area contributed by atoms with E-state index in [1.807, 2.05) is 0 Å². The molecule has 2 atom stereocenters. The fourth-order valence-corrected chi connectivity index (χ4v) is 3.69. The SMILES string of the molecule is O=[N+]([O-])c1cc(Cl)ccc1CNC1CCN2CCCC2C1. The highest BCUT2D eigenvalue weighted by Gasteiger charge is 2.31. The zero-order chi connectivity index (χ0) is 14.8. The number of nitro benzene ring substituents is 1. The topological polar surface area (TPSA) is 58.4 Å². The Morgan fingerprint density at radius 3 is 3.05 bits per heavy atom. The summed E-state index contributed by atoms with van der Waals surface area (Å²) in [4.78, 5) is 13.3. The standard InChI is InChI=1S/C15H20ClN3O2/c16-12-4-3-11(15(8-12)19(20)21)10-17-13-5-7-18-6-1-2-14(18)9-13/h3-4,8,13-14,17H,1-2,5-7,9-10H2. The molecule has 0 radical (unpaired) electrons. The van der Waals surface area contributed by atoms with E-state index < -0.39 is 0 Å². The first-order valence-electron chi connectivity index (χ1n) is 7.54. The monoisotopic (exact) mass is 309 g/mol. The Kier molecular flexibility index (Phi) is 4.42. The van der Waals surface area contributed by atoms with Crippen molar-refractivity contribution < 1.29 is 4.92 Å². The molecule has 6 heteroatoms. The summed E-state index contributed by atoms with van der Waals surface area (Å²) < 4.78 is 0. The molecule has 2 unspecified atom stereocenters. The lowest BCUT2D eigenvalue weighted by Crippen LogP contribution is -2.45. The van der Waals surface area contributed by atoms with E-state index in [4.69, 9.17) is 11.6 Å². The van der Waals surface area contributed by atoms with Crippen molar-refractivity contribution in [3.63, 3.8) is 0 Å². The molecule has 114 valence electrons. The molecule has 2 fully saturated rings. The number of nitrogens with zero attached hydrogens (tertiary/aromatic N) is 2. The van der Waals surface area contributed by atoms with Gasteiger partial charge in [0, 0.05) is 35.3 Å². The Balaban J connectivity index is 1.61. The molecule has 0 spiro atoms. The van der Waals surface area contributed by atoms with Crippen molar-refractivity contribution in [2.24, 2.45) is 0 Å². The van der Waals surface area contributed by atoms with Crippen LogP contribution in [0.4, 0.5) is 5.69 Å². The van der Waals surface area contributed by atoms with Crippen LogP contribution in [0.3, 0.4) is 0 Å². The van der Waals surface area contributed by atoms with Crippen LogP contribution >= 0.6 is 11.6 Å². The number of fused-ring (bicyclic) bond motifs is 1. The van der Waals surface area contributed by atoms with Crippen molar-refractivity contribution in [1.82, 2.24) is 10.2 Å². The molecule has 1 aromatic carbocycles. The number of benzene rings is 1. The lowest BCUT2D eigenvalue weighted by molar-refractivity contribution is -0.385. The zero-order valence-electron chi connectivity index (χ0n) is 11.9. The molecule has 2 aliphatic rings. The molecule has 3 rings (SSSR count). The summed E-state index contributed by atoms with van der Waals surface area (Å²) in [5.74, 6) is 0. The molecule has 1 N–H and O–H groups in total. The summed E-state index contributed by atoms with van der Waals surface area (Å²) in [6.45, 7) is 2.91. The van der Waals surface area contributed by atoms with Gasteiger partial charge in [-0.15, -0.1) is 0 Å². The van der Waals surface area contributed by atoms with Crippen LogP contribution in [0.2, 0.25) is 5.02 Å². The minimum atomic E-state index is -0.359. The summed E-state index contributed by atoms with van der Waals surface area (Å²) in [7, 11) is 0. The molecule has 0 aliphatic carbocycles. The van der Waals surface area contributed by atoms with E-state index in [0.717, 1.165) is 19.4 Å². The van der Waals surface area contributed by atoms with Crippen LogP contribution in [0.5, 0.6) is 0 Å². The minimum absolute atomic E-state index is 0.105. The van der Waals surface area contributed by atoms with Crippen LogP contribution in [0.25, 0.3) is 0 Å². The van der Waals surface area contributed by atoms with E-state index in [2.05, 4.69) is 10.2 Å². The highest BCUT2D eigenvalue weighted by molar-refractivity contribution is 6.30. The van der Waals surface area contributed by atoms with Crippen LogP contribution in [-0.2, 0) is 6.54 Å². The van der Waals surface area contributed by atoms with Crippen molar-refractivity contribution in [3.05, 3.63) is 38.9 Å². The van der Waals surface area contributed by atoms with Crippen LogP contribution in [-0.4, -0.2) is 35.0 Å². The fraction of sp³-hybridized carbons (Fsp3) is 0.600. The van der Waals surface area contributed by atoms with Gasteiger partial charge in [0.25, 0.3) is 5.69 Å². The first kappa shape index (κ1) is 14.8. The van der Waals surface area contributed by atoms with E-state index in [9.17, 15) is 10.1 Å². The summed E-state index contributed by atoms with van der Waals surface area (Å²) >= 11 is 5.84. The molecule has 0 bridgehead atoms. The van der Waals surface area contributed by atoms with Crippen molar-refractivity contribution in [2.45, 2.75) is 44.3 Å². The average molecular weight is 310 g/mol. The number of hydrogen-bond acceptors (Lipinski definition) is 4. The van der Waals surface area contributed by atoms with Gasteiger partial charge < -0.3 is 10.2 Å². The minimum Gasteiger partial charge on any atom is -0.310 e. The average Bonchev–Trinajstić information content (AvgIpc) is 2.93. The zero-order valence-corrected chi connectivity index (χ0v) is 12.7. The van der Waals surface area contributed by atoms with E-state index in [1.165, 1.54) is 25.5 Å². The molecule has 0 aromatic heterocycles. The van der Waals surface area contributed by atoms with Gasteiger partial charge in [-0.1, -0.05) is 11.6 Å².